The van der Waals surface area contributed by atoms with Crippen LogP contribution in [0.4, 0.5) is 14.9 Å². The Morgan fingerprint density at radius 3 is 2.91 bits per heavy atom. The molecule has 2 aromatic rings. The van der Waals surface area contributed by atoms with Crippen molar-refractivity contribution in [1.29, 1.82) is 0 Å². The molecule has 0 aliphatic carbocycles. The standard InChI is InChI=1S/C16H13ClFN3OSe/c17-12-3-1-2-4-14(12)19-16(22)21-20-13-7-8-23-15-6-5-10(18)9-11(13)15/h1-6,9H,7-8H2,(H2,19,21,22)/b20-13+. The normalized spacial score (nSPS) is 15.1. The molecule has 1 aliphatic rings. The Hall–Kier alpha value is -1.88. The number of amides is 2. The third-order valence-corrected chi connectivity index (χ3v) is 5.85. The van der Waals surface area contributed by atoms with E-state index in [1.54, 1.807) is 30.3 Å². The van der Waals surface area contributed by atoms with E-state index < -0.39 is 6.03 Å². The second-order valence-electron chi connectivity index (χ2n) is 4.84. The van der Waals surface area contributed by atoms with E-state index in [-0.39, 0.29) is 5.82 Å². The fraction of sp³-hybridized carbons (Fsp3) is 0.125. The number of hydrogen-bond donors (Lipinski definition) is 2. The number of nitrogens with one attached hydrogen (secondary N) is 2. The van der Waals surface area contributed by atoms with Crippen molar-refractivity contribution in [3.63, 3.8) is 0 Å². The Kier molecular flexibility index (Phi) is 4.96. The van der Waals surface area contributed by atoms with Crippen LogP contribution >= 0.6 is 11.6 Å². The molecule has 2 amide bonds. The molecule has 0 unspecified atom stereocenters. The summed E-state index contributed by atoms with van der Waals surface area (Å²) in [6, 6.07) is 11.2. The van der Waals surface area contributed by atoms with Gasteiger partial charge in [0, 0.05) is 0 Å². The van der Waals surface area contributed by atoms with E-state index in [0.29, 0.717) is 31.4 Å². The van der Waals surface area contributed by atoms with Crippen molar-refractivity contribution in [2.24, 2.45) is 5.10 Å². The summed E-state index contributed by atoms with van der Waals surface area (Å²) in [6.45, 7) is 0. The average molecular weight is 397 g/mol. The molecule has 0 fully saturated rings. The molecule has 1 aliphatic heterocycles. The fourth-order valence-corrected chi connectivity index (χ4v) is 4.50. The SMILES string of the molecule is O=C(N/N=C1\CC[Se]c2ccc(F)cc21)Nc1ccccc1Cl. The Labute approximate surface area is 144 Å². The number of halogens is 2. The summed E-state index contributed by atoms with van der Waals surface area (Å²) in [5.41, 5.74) is 4.44. The van der Waals surface area contributed by atoms with Crippen molar-refractivity contribution in [3.05, 3.63) is 58.9 Å². The number of nitrogens with zero attached hydrogens (tertiary/aromatic N) is 1. The van der Waals surface area contributed by atoms with Gasteiger partial charge in [-0.05, 0) is 0 Å². The van der Waals surface area contributed by atoms with Crippen molar-refractivity contribution in [2.45, 2.75) is 11.7 Å². The molecular weight excluding hydrogens is 384 g/mol. The first kappa shape index (κ1) is 16.0. The summed E-state index contributed by atoms with van der Waals surface area (Å²) in [7, 11) is 0. The Balaban J connectivity index is 1.73. The summed E-state index contributed by atoms with van der Waals surface area (Å²) >= 11 is 6.30. The van der Waals surface area contributed by atoms with Crippen LogP contribution in [0.15, 0.2) is 47.6 Å². The molecule has 0 radical (unpaired) electrons. The van der Waals surface area contributed by atoms with Gasteiger partial charge in [-0.3, -0.25) is 0 Å². The van der Waals surface area contributed by atoms with Gasteiger partial charge in [-0.15, -0.1) is 0 Å². The molecule has 118 valence electrons. The van der Waals surface area contributed by atoms with Crippen LogP contribution in [0.25, 0.3) is 0 Å². The molecule has 1 heterocycles. The van der Waals surface area contributed by atoms with Crippen molar-refractivity contribution in [2.75, 3.05) is 5.32 Å². The first-order chi connectivity index (χ1) is 11.1. The van der Waals surface area contributed by atoms with Crippen LogP contribution in [-0.4, -0.2) is 26.7 Å². The predicted molar refractivity (Wildman–Crippen MR) is 91.4 cm³/mol. The van der Waals surface area contributed by atoms with Crippen LogP contribution < -0.4 is 15.2 Å². The van der Waals surface area contributed by atoms with Gasteiger partial charge in [0.05, 0.1) is 0 Å². The van der Waals surface area contributed by atoms with E-state index in [4.69, 9.17) is 11.6 Å². The van der Waals surface area contributed by atoms with Crippen LogP contribution in [0, 0.1) is 5.82 Å². The molecule has 0 atom stereocenters. The number of rotatable bonds is 2. The quantitative estimate of drug-likeness (QED) is 0.594. The Morgan fingerprint density at radius 2 is 2.09 bits per heavy atom. The number of hydrazone groups is 1. The third kappa shape index (κ3) is 3.91. The predicted octanol–water partition coefficient (Wildman–Crippen LogP) is 3.16. The molecule has 0 bridgehead atoms. The van der Waals surface area contributed by atoms with Gasteiger partial charge in [-0.25, -0.2) is 0 Å². The average Bonchev–Trinajstić information content (AvgIpc) is 2.55. The molecule has 2 N–H and O–H groups in total. The van der Waals surface area contributed by atoms with Gasteiger partial charge in [0.15, 0.2) is 0 Å². The second-order valence-corrected chi connectivity index (χ2v) is 7.64. The molecule has 2 aromatic carbocycles. The van der Waals surface area contributed by atoms with Crippen LogP contribution in [0.3, 0.4) is 0 Å². The summed E-state index contributed by atoms with van der Waals surface area (Å²) in [5.74, 6) is -0.297. The number of urea groups is 1. The maximum absolute atomic E-state index is 13.4. The van der Waals surface area contributed by atoms with E-state index in [2.05, 4.69) is 15.8 Å². The zero-order chi connectivity index (χ0) is 16.2. The van der Waals surface area contributed by atoms with Gasteiger partial charge in [0.1, 0.15) is 0 Å². The number of carbonyl (C=O) groups excluding carboxylic acids is 1. The van der Waals surface area contributed by atoms with E-state index in [1.165, 1.54) is 12.1 Å². The molecular formula is C16H13ClFN3OSe. The number of carbonyl (C=O) groups is 1. The van der Waals surface area contributed by atoms with Gasteiger partial charge < -0.3 is 0 Å². The van der Waals surface area contributed by atoms with Gasteiger partial charge in [0.25, 0.3) is 0 Å². The second kappa shape index (κ2) is 7.13. The number of fused-ring (bicyclic) bond motifs is 1. The molecule has 23 heavy (non-hydrogen) atoms. The van der Waals surface area contributed by atoms with Crippen molar-refractivity contribution in [3.8, 4) is 0 Å². The van der Waals surface area contributed by atoms with Gasteiger partial charge in [-0.2, -0.15) is 0 Å². The molecule has 0 saturated heterocycles. The van der Waals surface area contributed by atoms with Crippen LogP contribution in [0.1, 0.15) is 12.0 Å². The fourth-order valence-electron chi connectivity index (χ4n) is 2.19. The minimum atomic E-state index is -0.486. The number of anilines is 1. The van der Waals surface area contributed by atoms with Crippen LogP contribution in [0.2, 0.25) is 10.3 Å². The monoisotopic (exact) mass is 397 g/mol. The van der Waals surface area contributed by atoms with E-state index in [0.717, 1.165) is 21.8 Å². The first-order valence-corrected chi connectivity index (χ1v) is 9.39. The summed E-state index contributed by atoms with van der Waals surface area (Å²) in [6.07, 6.45) is 0.725. The number of benzene rings is 2. The topological polar surface area (TPSA) is 53.5 Å². The molecule has 7 heteroatoms. The molecule has 0 saturated carbocycles. The van der Waals surface area contributed by atoms with Crippen LogP contribution in [-0.2, 0) is 0 Å². The summed E-state index contributed by atoms with van der Waals surface area (Å²) in [5, 5.41) is 8.20. The zero-order valence-corrected chi connectivity index (χ0v) is 14.4. The molecule has 0 aromatic heterocycles. The molecule has 0 spiro atoms. The van der Waals surface area contributed by atoms with Crippen molar-refractivity contribution >= 4 is 48.4 Å². The van der Waals surface area contributed by atoms with E-state index >= 15 is 0 Å². The molecule has 4 nitrogen and oxygen atoms in total. The first-order valence-electron chi connectivity index (χ1n) is 6.94. The van der Waals surface area contributed by atoms with Gasteiger partial charge in [-0.1, -0.05) is 0 Å². The Morgan fingerprint density at radius 1 is 1.26 bits per heavy atom. The molecule has 3 rings (SSSR count). The minimum absolute atomic E-state index is 0.297. The van der Waals surface area contributed by atoms with Gasteiger partial charge in [0.2, 0.25) is 0 Å². The van der Waals surface area contributed by atoms with E-state index in [1.807, 2.05) is 0 Å². The van der Waals surface area contributed by atoms with Crippen molar-refractivity contribution in [1.82, 2.24) is 5.43 Å². The van der Waals surface area contributed by atoms with E-state index in [9.17, 15) is 9.18 Å². The zero-order valence-electron chi connectivity index (χ0n) is 12.0. The summed E-state index contributed by atoms with van der Waals surface area (Å²) in [4.78, 5) is 11.9. The van der Waals surface area contributed by atoms with Crippen LogP contribution in [0.5, 0.6) is 0 Å². The van der Waals surface area contributed by atoms with Gasteiger partial charge >= 0.3 is 144 Å². The summed E-state index contributed by atoms with van der Waals surface area (Å²) < 4.78 is 14.5. The Bertz CT molecular complexity index is 782. The third-order valence-electron chi connectivity index (χ3n) is 3.26. The number of hydrogen-bond acceptors (Lipinski definition) is 2. The number of para-hydroxylation sites is 1. The van der Waals surface area contributed by atoms with Crippen molar-refractivity contribution < 1.29 is 9.18 Å². The maximum atomic E-state index is 13.4.